The Morgan fingerprint density at radius 1 is 1.15 bits per heavy atom. The summed E-state index contributed by atoms with van der Waals surface area (Å²) in [6.07, 6.45) is 4.56. The van der Waals surface area contributed by atoms with E-state index in [4.69, 9.17) is 0 Å². The van der Waals surface area contributed by atoms with Gasteiger partial charge in [0.15, 0.2) is 5.82 Å². The zero-order valence-electron chi connectivity index (χ0n) is 18.4. The van der Waals surface area contributed by atoms with Crippen molar-refractivity contribution in [3.05, 3.63) is 47.8 Å². The molecule has 3 heterocycles. The first-order valence-electron chi connectivity index (χ1n) is 10.2. The number of pyridine rings is 1. The van der Waals surface area contributed by atoms with Crippen LogP contribution in [0.15, 0.2) is 30.6 Å². The van der Waals surface area contributed by atoms with Gasteiger partial charge in [0.2, 0.25) is 16.0 Å². The van der Waals surface area contributed by atoms with Crippen molar-refractivity contribution in [2.24, 2.45) is 0 Å². The first kappa shape index (κ1) is 25.7. The standard InChI is InChI=1S/C21H22F2N6O3S.ClH/c1-24-20(30)14-3-6-25-19-15(14)9-12(10-16(19)22)18-17(23)11-26-21(28-18)27-13-4-7-29(8-5-13)33(2,31)32;/h3,6,9-11,13H,4-5,7-8H2,1-2H3,(H,24,30)(H,26,27,28);1H. The predicted octanol–water partition coefficient (Wildman–Crippen LogP) is 2.59. The smallest absolute Gasteiger partial charge is 0.251 e. The molecule has 1 amide bonds. The van der Waals surface area contributed by atoms with Crippen LogP contribution in [-0.2, 0) is 10.0 Å². The van der Waals surface area contributed by atoms with Crippen molar-refractivity contribution in [3.63, 3.8) is 0 Å². The minimum absolute atomic E-state index is 0. The quantitative estimate of drug-likeness (QED) is 0.539. The van der Waals surface area contributed by atoms with E-state index >= 15 is 0 Å². The summed E-state index contributed by atoms with van der Waals surface area (Å²) >= 11 is 0. The van der Waals surface area contributed by atoms with Crippen molar-refractivity contribution in [3.8, 4) is 11.3 Å². The molecular formula is C21H23ClF2N6O3S. The van der Waals surface area contributed by atoms with Gasteiger partial charge in [-0.05, 0) is 31.0 Å². The molecule has 182 valence electrons. The zero-order chi connectivity index (χ0) is 23.8. The Hall–Kier alpha value is -2.96. The molecule has 0 radical (unpaired) electrons. The number of aromatic nitrogens is 3. The topological polar surface area (TPSA) is 117 Å². The van der Waals surface area contributed by atoms with Crippen LogP contribution in [0.5, 0.6) is 0 Å². The van der Waals surface area contributed by atoms with Crippen molar-refractivity contribution in [2.45, 2.75) is 18.9 Å². The molecule has 0 bridgehead atoms. The Labute approximate surface area is 201 Å². The third-order valence-corrected chi connectivity index (χ3v) is 6.85. The molecule has 0 unspecified atom stereocenters. The zero-order valence-corrected chi connectivity index (χ0v) is 20.0. The Kier molecular flexibility index (Phi) is 7.64. The van der Waals surface area contributed by atoms with E-state index in [-0.39, 0.29) is 52.1 Å². The molecule has 9 nitrogen and oxygen atoms in total. The van der Waals surface area contributed by atoms with Gasteiger partial charge in [0.25, 0.3) is 5.91 Å². The number of carbonyl (C=O) groups excluding carboxylic acids is 1. The van der Waals surface area contributed by atoms with Crippen molar-refractivity contribution in [2.75, 3.05) is 31.7 Å². The lowest BCUT2D eigenvalue weighted by atomic mass is 10.0. The van der Waals surface area contributed by atoms with E-state index < -0.39 is 27.6 Å². The van der Waals surface area contributed by atoms with E-state index in [2.05, 4.69) is 25.6 Å². The molecule has 1 aromatic carbocycles. The van der Waals surface area contributed by atoms with Crippen molar-refractivity contribution >= 4 is 45.2 Å². The second kappa shape index (κ2) is 10.1. The van der Waals surface area contributed by atoms with E-state index in [1.165, 1.54) is 35.9 Å². The van der Waals surface area contributed by atoms with Gasteiger partial charge in [-0.25, -0.2) is 31.5 Å². The third kappa shape index (κ3) is 5.24. The number of piperidine rings is 1. The van der Waals surface area contributed by atoms with Crippen LogP contribution in [0.1, 0.15) is 23.2 Å². The fraction of sp³-hybridized carbons (Fsp3) is 0.333. The Morgan fingerprint density at radius 3 is 2.50 bits per heavy atom. The first-order chi connectivity index (χ1) is 15.7. The van der Waals surface area contributed by atoms with Crippen LogP contribution in [0.4, 0.5) is 14.7 Å². The summed E-state index contributed by atoms with van der Waals surface area (Å²) in [4.78, 5) is 24.4. The molecule has 0 spiro atoms. The SMILES string of the molecule is CNC(=O)c1ccnc2c(F)cc(-c3nc(NC4CCN(S(C)(=O)=O)CC4)ncc3F)cc12.Cl. The molecule has 0 atom stereocenters. The van der Waals surface area contributed by atoms with E-state index in [9.17, 15) is 22.0 Å². The minimum Gasteiger partial charge on any atom is -0.355 e. The highest BCUT2D eigenvalue weighted by atomic mass is 35.5. The van der Waals surface area contributed by atoms with E-state index in [1.54, 1.807) is 0 Å². The Balaban J connectivity index is 0.00000324. The van der Waals surface area contributed by atoms with Gasteiger partial charge in [-0.1, -0.05) is 0 Å². The number of hydrogen-bond acceptors (Lipinski definition) is 7. The highest BCUT2D eigenvalue weighted by molar-refractivity contribution is 7.88. The second-order valence-electron chi connectivity index (χ2n) is 7.76. The second-order valence-corrected chi connectivity index (χ2v) is 9.75. The molecule has 1 aliphatic rings. The lowest BCUT2D eigenvalue weighted by Gasteiger charge is -2.30. The number of nitrogens with zero attached hydrogens (tertiary/aromatic N) is 4. The van der Waals surface area contributed by atoms with E-state index in [1.807, 2.05) is 0 Å². The molecule has 1 fully saturated rings. The third-order valence-electron chi connectivity index (χ3n) is 5.54. The summed E-state index contributed by atoms with van der Waals surface area (Å²) < 4.78 is 54.2. The van der Waals surface area contributed by atoms with Crippen LogP contribution >= 0.6 is 12.4 Å². The molecule has 13 heteroatoms. The summed E-state index contributed by atoms with van der Waals surface area (Å²) in [6.45, 7) is 0.714. The largest absolute Gasteiger partial charge is 0.355 e. The number of nitrogens with one attached hydrogen (secondary N) is 2. The number of halogens is 3. The first-order valence-corrected chi connectivity index (χ1v) is 12.1. The summed E-state index contributed by atoms with van der Waals surface area (Å²) in [5.41, 5.74) is 0.195. The molecule has 0 aliphatic carbocycles. The summed E-state index contributed by atoms with van der Waals surface area (Å²) in [5.74, 6) is -1.75. The van der Waals surface area contributed by atoms with E-state index in [0.717, 1.165) is 12.3 Å². The average molecular weight is 513 g/mol. The van der Waals surface area contributed by atoms with Gasteiger partial charge in [0, 0.05) is 43.3 Å². The van der Waals surface area contributed by atoms with Crippen LogP contribution in [-0.4, -0.2) is 66.0 Å². The van der Waals surface area contributed by atoms with E-state index in [0.29, 0.717) is 25.9 Å². The van der Waals surface area contributed by atoms with Gasteiger partial charge in [-0.2, -0.15) is 0 Å². The number of fused-ring (bicyclic) bond motifs is 1. The normalized spacial score (nSPS) is 15.1. The van der Waals surface area contributed by atoms with Crippen LogP contribution in [0.2, 0.25) is 0 Å². The maximum atomic E-state index is 14.8. The van der Waals surface area contributed by atoms with Crippen LogP contribution in [0.3, 0.4) is 0 Å². The average Bonchev–Trinajstić information content (AvgIpc) is 2.79. The van der Waals surface area contributed by atoms with Gasteiger partial charge >= 0.3 is 0 Å². The van der Waals surface area contributed by atoms with Crippen LogP contribution < -0.4 is 10.6 Å². The lowest BCUT2D eigenvalue weighted by molar-refractivity contribution is 0.0964. The number of anilines is 1. The Bertz CT molecular complexity index is 1330. The highest BCUT2D eigenvalue weighted by Gasteiger charge is 2.25. The molecule has 0 saturated carbocycles. The van der Waals surface area contributed by atoms with Gasteiger partial charge in [0.1, 0.15) is 17.0 Å². The number of benzene rings is 1. The molecule has 1 aliphatic heterocycles. The number of sulfonamides is 1. The number of rotatable bonds is 5. The van der Waals surface area contributed by atoms with Crippen molar-refractivity contribution in [1.29, 1.82) is 0 Å². The fourth-order valence-electron chi connectivity index (χ4n) is 3.83. The highest BCUT2D eigenvalue weighted by Crippen LogP contribution is 2.29. The van der Waals surface area contributed by atoms with Gasteiger partial charge < -0.3 is 10.6 Å². The maximum Gasteiger partial charge on any atom is 0.251 e. The minimum atomic E-state index is -3.25. The predicted molar refractivity (Wildman–Crippen MR) is 126 cm³/mol. The summed E-state index contributed by atoms with van der Waals surface area (Å²) in [7, 11) is -1.79. The van der Waals surface area contributed by atoms with Crippen LogP contribution in [0.25, 0.3) is 22.2 Å². The number of hydrogen-bond donors (Lipinski definition) is 2. The Morgan fingerprint density at radius 2 is 1.85 bits per heavy atom. The number of carbonyl (C=O) groups is 1. The van der Waals surface area contributed by atoms with Gasteiger partial charge in [0.05, 0.1) is 18.0 Å². The lowest BCUT2D eigenvalue weighted by Crippen LogP contribution is -2.42. The van der Waals surface area contributed by atoms with Crippen molar-refractivity contribution in [1.82, 2.24) is 24.6 Å². The molecule has 4 rings (SSSR count). The summed E-state index contributed by atoms with van der Waals surface area (Å²) in [6, 6.07) is 3.94. The molecule has 3 aromatic rings. The maximum absolute atomic E-state index is 14.8. The summed E-state index contributed by atoms with van der Waals surface area (Å²) in [5, 5.41) is 5.82. The molecule has 1 saturated heterocycles. The van der Waals surface area contributed by atoms with Crippen LogP contribution in [0, 0.1) is 11.6 Å². The van der Waals surface area contributed by atoms with Gasteiger partial charge in [-0.3, -0.25) is 9.78 Å². The molecular weight excluding hydrogens is 490 g/mol. The molecule has 2 N–H and O–H groups in total. The number of amides is 1. The molecule has 2 aromatic heterocycles. The fourth-order valence-corrected chi connectivity index (χ4v) is 4.71. The monoisotopic (exact) mass is 512 g/mol. The molecule has 34 heavy (non-hydrogen) atoms. The van der Waals surface area contributed by atoms with Gasteiger partial charge in [-0.15, -0.1) is 12.4 Å². The van der Waals surface area contributed by atoms with Crippen molar-refractivity contribution < 1.29 is 22.0 Å².